The summed E-state index contributed by atoms with van der Waals surface area (Å²) in [5.74, 6) is -0.230. The topological polar surface area (TPSA) is 98.8 Å². The van der Waals surface area contributed by atoms with E-state index in [9.17, 15) is 19.2 Å². The summed E-state index contributed by atoms with van der Waals surface area (Å²) < 4.78 is 0. The van der Waals surface area contributed by atoms with Crippen LogP contribution in [0.15, 0.2) is 84.9 Å². The van der Waals surface area contributed by atoms with Gasteiger partial charge >= 0.3 is 0 Å². The summed E-state index contributed by atoms with van der Waals surface area (Å²) in [6.07, 6.45) is 0. The largest absolute Gasteiger partial charge is 0.349 e. The molecule has 0 bridgehead atoms. The van der Waals surface area contributed by atoms with Gasteiger partial charge in [-0.1, -0.05) is 59.7 Å². The predicted molar refractivity (Wildman–Crippen MR) is 171 cm³/mol. The van der Waals surface area contributed by atoms with Gasteiger partial charge < -0.3 is 20.4 Å². The van der Waals surface area contributed by atoms with Crippen molar-refractivity contribution in [1.29, 1.82) is 0 Å². The SMILES string of the molecule is CC(=O)N(C)C.CC(=O)N(C)C.Cc1ccc(NC(=O)c2ccc(C(=O)Nc3ccc(C)cc3)c3ccccc23)cc1. The first-order valence-electron chi connectivity index (χ1n) is 13.4. The third kappa shape index (κ3) is 10.2. The lowest BCUT2D eigenvalue weighted by Gasteiger charge is -2.12. The molecule has 0 spiro atoms. The lowest BCUT2D eigenvalue weighted by atomic mass is 9.98. The molecular weight excluding hydrogens is 528 g/mol. The van der Waals surface area contributed by atoms with E-state index in [0.717, 1.165) is 33.3 Å². The Labute approximate surface area is 248 Å². The molecule has 0 aliphatic rings. The van der Waals surface area contributed by atoms with Crippen molar-refractivity contribution in [2.75, 3.05) is 38.8 Å². The van der Waals surface area contributed by atoms with E-state index in [0.29, 0.717) is 11.1 Å². The molecule has 0 heterocycles. The molecule has 4 aromatic rings. The Bertz CT molecular complexity index is 1410. The van der Waals surface area contributed by atoms with Crippen molar-refractivity contribution in [3.8, 4) is 0 Å². The molecule has 8 nitrogen and oxygen atoms in total. The van der Waals surface area contributed by atoms with Crippen LogP contribution < -0.4 is 10.6 Å². The number of anilines is 2. The molecule has 220 valence electrons. The highest BCUT2D eigenvalue weighted by Gasteiger charge is 2.16. The average molecular weight is 569 g/mol. The Morgan fingerprint density at radius 3 is 1.05 bits per heavy atom. The predicted octanol–water partition coefficient (Wildman–Crippen LogP) is 6.15. The Morgan fingerprint density at radius 2 is 0.786 bits per heavy atom. The number of carbonyl (C=O) groups excluding carboxylic acids is 4. The zero-order chi connectivity index (χ0) is 31.4. The molecular formula is C34H40N4O4. The molecule has 4 aromatic carbocycles. The monoisotopic (exact) mass is 568 g/mol. The first-order valence-corrected chi connectivity index (χ1v) is 13.4. The van der Waals surface area contributed by atoms with E-state index >= 15 is 0 Å². The Balaban J connectivity index is 0.000000434. The minimum Gasteiger partial charge on any atom is -0.349 e. The molecule has 8 heteroatoms. The minimum atomic E-state index is -0.208. The van der Waals surface area contributed by atoms with Crippen LogP contribution in [-0.2, 0) is 9.59 Å². The highest BCUT2D eigenvalue weighted by Crippen LogP contribution is 2.25. The quantitative estimate of drug-likeness (QED) is 0.309. The fourth-order valence-corrected chi connectivity index (χ4v) is 3.37. The molecule has 0 radical (unpaired) electrons. The summed E-state index contributed by atoms with van der Waals surface area (Å²) >= 11 is 0. The van der Waals surface area contributed by atoms with Crippen molar-refractivity contribution in [2.24, 2.45) is 0 Å². The van der Waals surface area contributed by atoms with E-state index in [2.05, 4.69) is 10.6 Å². The highest BCUT2D eigenvalue weighted by molar-refractivity contribution is 6.19. The summed E-state index contributed by atoms with van der Waals surface area (Å²) in [7, 11) is 6.90. The number of hydrogen-bond acceptors (Lipinski definition) is 4. The normalized spacial score (nSPS) is 9.81. The van der Waals surface area contributed by atoms with Crippen molar-refractivity contribution < 1.29 is 19.2 Å². The second-order valence-corrected chi connectivity index (χ2v) is 10.2. The van der Waals surface area contributed by atoms with Crippen molar-refractivity contribution >= 4 is 45.8 Å². The molecule has 4 rings (SSSR count). The smallest absolute Gasteiger partial charge is 0.256 e. The molecule has 0 saturated heterocycles. The number of nitrogens with one attached hydrogen (secondary N) is 2. The molecule has 4 amide bonds. The lowest BCUT2D eigenvalue weighted by Crippen LogP contribution is -2.17. The fraction of sp³-hybridized carbons (Fsp3) is 0.235. The van der Waals surface area contributed by atoms with Crippen LogP contribution in [-0.4, -0.2) is 61.6 Å². The maximum atomic E-state index is 12.9. The fourth-order valence-electron chi connectivity index (χ4n) is 3.37. The standard InChI is InChI=1S/C26H22N2O2.2C4H9NO/c1-17-7-11-19(12-8-17)27-25(29)23-15-16-24(22-6-4-3-5-21(22)23)26(30)28-20-13-9-18(2)10-14-20;2*1-4(6)5(2)3/h3-16H,1-2H3,(H,27,29)(H,28,30);2*1-3H3. The first kappa shape index (κ1) is 33.2. The molecule has 2 N–H and O–H groups in total. The van der Waals surface area contributed by atoms with Crippen LogP contribution in [0.2, 0.25) is 0 Å². The molecule has 0 unspecified atom stereocenters. The minimum absolute atomic E-state index is 0.0926. The number of nitrogens with zero attached hydrogens (tertiary/aromatic N) is 2. The number of aryl methyl sites for hydroxylation is 2. The summed E-state index contributed by atoms with van der Waals surface area (Å²) in [5, 5.41) is 7.33. The van der Waals surface area contributed by atoms with Crippen molar-refractivity contribution in [2.45, 2.75) is 27.7 Å². The van der Waals surface area contributed by atoms with Gasteiger partial charge in [0.1, 0.15) is 0 Å². The molecule has 0 saturated carbocycles. The highest BCUT2D eigenvalue weighted by atomic mass is 16.2. The van der Waals surface area contributed by atoms with E-state index in [1.807, 2.05) is 86.6 Å². The third-order valence-corrected chi connectivity index (χ3v) is 6.29. The number of hydrogen-bond donors (Lipinski definition) is 2. The van der Waals surface area contributed by atoms with E-state index in [1.165, 1.54) is 23.6 Å². The third-order valence-electron chi connectivity index (χ3n) is 6.29. The maximum absolute atomic E-state index is 12.9. The van der Waals surface area contributed by atoms with Gasteiger partial charge in [0.25, 0.3) is 11.8 Å². The van der Waals surface area contributed by atoms with Gasteiger partial charge in [0.15, 0.2) is 0 Å². The van der Waals surface area contributed by atoms with Gasteiger partial charge in [-0.3, -0.25) is 19.2 Å². The number of fused-ring (bicyclic) bond motifs is 1. The second kappa shape index (κ2) is 15.7. The van der Waals surface area contributed by atoms with Crippen molar-refractivity contribution in [3.05, 3.63) is 107 Å². The van der Waals surface area contributed by atoms with E-state index in [4.69, 9.17) is 0 Å². The number of benzene rings is 4. The lowest BCUT2D eigenvalue weighted by molar-refractivity contribution is -0.127. The second-order valence-electron chi connectivity index (χ2n) is 10.2. The Morgan fingerprint density at radius 1 is 0.500 bits per heavy atom. The Kier molecular flexibility index (Phi) is 12.4. The van der Waals surface area contributed by atoms with Gasteiger partial charge in [-0.25, -0.2) is 0 Å². The van der Waals surface area contributed by atoms with Crippen LogP contribution in [0.4, 0.5) is 11.4 Å². The summed E-state index contributed by atoms with van der Waals surface area (Å²) in [6, 6.07) is 26.2. The van der Waals surface area contributed by atoms with Crippen LogP contribution in [0, 0.1) is 13.8 Å². The van der Waals surface area contributed by atoms with Crippen LogP contribution >= 0.6 is 0 Å². The van der Waals surface area contributed by atoms with Gasteiger partial charge in [0, 0.05) is 64.5 Å². The van der Waals surface area contributed by atoms with E-state index < -0.39 is 0 Å². The summed E-state index contributed by atoms with van der Waals surface area (Å²) in [6.45, 7) is 7.05. The van der Waals surface area contributed by atoms with Crippen molar-refractivity contribution in [1.82, 2.24) is 9.80 Å². The van der Waals surface area contributed by atoms with Crippen LogP contribution in [0.25, 0.3) is 10.8 Å². The molecule has 0 fully saturated rings. The average Bonchev–Trinajstić information content (AvgIpc) is 2.95. The molecule has 0 aliphatic carbocycles. The van der Waals surface area contributed by atoms with Crippen LogP contribution in [0.1, 0.15) is 45.7 Å². The number of amides is 4. The van der Waals surface area contributed by atoms with Gasteiger partial charge in [-0.2, -0.15) is 0 Å². The number of carbonyl (C=O) groups is 4. The number of rotatable bonds is 4. The van der Waals surface area contributed by atoms with Gasteiger partial charge in [-0.15, -0.1) is 0 Å². The maximum Gasteiger partial charge on any atom is 0.256 e. The molecule has 42 heavy (non-hydrogen) atoms. The van der Waals surface area contributed by atoms with E-state index in [1.54, 1.807) is 40.3 Å². The zero-order valence-electron chi connectivity index (χ0n) is 25.6. The zero-order valence-corrected chi connectivity index (χ0v) is 25.6. The molecule has 0 aromatic heterocycles. The van der Waals surface area contributed by atoms with Crippen LogP contribution in [0.5, 0.6) is 0 Å². The molecule has 0 atom stereocenters. The van der Waals surface area contributed by atoms with Crippen LogP contribution in [0.3, 0.4) is 0 Å². The molecule has 0 aliphatic heterocycles. The van der Waals surface area contributed by atoms with Crippen molar-refractivity contribution in [3.63, 3.8) is 0 Å². The summed E-state index contributed by atoms with van der Waals surface area (Å²) in [5.41, 5.74) is 4.77. The first-order chi connectivity index (χ1) is 19.8. The van der Waals surface area contributed by atoms with E-state index in [-0.39, 0.29) is 23.6 Å². The summed E-state index contributed by atoms with van der Waals surface area (Å²) in [4.78, 5) is 49.0. The van der Waals surface area contributed by atoms with Gasteiger partial charge in [-0.05, 0) is 61.0 Å². The Hall–Kier alpha value is -4.98. The van der Waals surface area contributed by atoms with Gasteiger partial charge in [0.2, 0.25) is 11.8 Å². The van der Waals surface area contributed by atoms with Gasteiger partial charge in [0.05, 0.1) is 0 Å².